The summed E-state index contributed by atoms with van der Waals surface area (Å²) >= 11 is 0. The van der Waals surface area contributed by atoms with Gasteiger partial charge in [-0.15, -0.1) is 0 Å². The Bertz CT molecular complexity index is 934. The quantitative estimate of drug-likeness (QED) is 0.825. The van der Waals surface area contributed by atoms with Crippen LogP contribution in [0.15, 0.2) is 24.3 Å². The van der Waals surface area contributed by atoms with Gasteiger partial charge in [0.25, 0.3) is 0 Å². The second kappa shape index (κ2) is 5.70. The summed E-state index contributed by atoms with van der Waals surface area (Å²) < 4.78 is 29.2. The number of hydrogen-bond donors (Lipinski definition) is 0. The molecule has 1 aromatic carbocycles. The number of fused-ring (bicyclic) bond motifs is 2. The summed E-state index contributed by atoms with van der Waals surface area (Å²) in [5, 5.41) is -0.0948. The second-order valence-electron chi connectivity index (χ2n) is 8.35. The van der Waals surface area contributed by atoms with E-state index in [0.29, 0.717) is 31.0 Å². The van der Waals surface area contributed by atoms with Gasteiger partial charge in [0, 0.05) is 32.2 Å². The summed E-state index contributed by atoms with van der Waals surface area (Å²) in [5.41, 5.74) is 2.21. The van der Waals surface area contributed by atoms with Gasteiger partial charge < -0.3 is 9.47 Å². The third-order valence-corrected chi connectivity index (χ3v) is 8.47. The molecule has 0 spiro atoms. The molecule has 2 aliphatic heterocycles. The Kier molecular flexibility index (Phi) is 3.63. The molecule has 2 saturated heterocycles. The minimum absolute atomic E-state index is 0.0948. The van der Waals surface area contributed by atoms with Gasteiger partial charge in [-0.05, 0) is 50.7 Å². The van der Waals surface area contributed by atoms with Crippen molar-refractivity contribution in [1.29, 1.82) is 0 Å². The van der Waals surface area contributed by atoms with Crippen LogP contribution >= 0.6 is 0 Å². The highest BCUT2D eigenvalue weighted by atomic mass is 32.2. The molecule has 2 aromatic rings. The molecule has 1 aliphatic carbocycles. The van der Waals surface area contributed by atoms with E-state index in [1.54, 1.807) is 4.31 Å². The summed E-state index contributed by atoms with van der Waals surface area (Å²) in [6.45, 7) is 7.55. The van der Waals surface area contributed by atoms with Gasteiger partial charge in [-0.2, -0.15) is 0 Å². The lowest BCUT2D eigenvalue weighted by molar-refractivity contribution is 0.451. The van der Waals surface area contributed by atoms with Crippen molar-refractivity contribution in [3.8, 4) is 0 Å². The first-order valence-electron chi connectivity index (χ1n) is 9.66. The summed E-state index contributed by atoms with van der Waals surface area (Å²) in [5.74, 6) is 1.88. The standard InChI is InChI=1S/C19H26N4O2S/c1-13(2)23-18-6-4-3-5-17(18)20-19(23)21-9-14-11-22(12-15(14)10-21)26(24,25)16-7-8-16/h3-6,13-16H,7-12H2,1-2H3. The maximum Gasteiger partial charge on any atom is 0.217 e. The number of nitrogens with zero attached hydrogens (tertiary/aromatic N) is 4. The zero-order valence-electron chi connectivity index (χ0n) is 15.4. The fourth-order valence-electron chi connectivity index (χ4n) is 4.66. The Morgan fingerprint density at radius 1 is 1.04 bits per heavy atom. The molecule has 140 valence electrons. The molecule has 6 nitrogen and oxygen atoms in total. The van der Waals surface area contributed by atoms with Crippen LogP contribution in [0.4, 0.5) is 5.95 Å². The summed E-state index contributed by atoms with van der Waals surface area (Å²) in [6, 6.07) is 8.63. The second-order valence-corrected chi connectivity index (χ2v) is 10.6. The molecule has 2 unspecified atom stereocenters. The largest absolute Gasteiger partial charge is 0.342 e. The number of imidazole rings is 1. The zero-order chi connectivity index (χ0) is 18.1. The summed E-state index contributed by atoms with van der Waals surface area (Å²) in [4.78, 5) is 7.28. The monoisotopic (exact) mass is 374 g/mol. The number of benzene rings is 1. The van der Waals surface area contributed by atoms with Gasteiger partial charge in [0.2, 0.25) is 16.0 Å². The smallest absolute Gasteiger partial charge is 0.217 e. The summed E-state index contributed by atoms with van der Waals surface area (Å²) in [7, 11) is -3.04. The van der Waals surface area contributed by atoms with Gasteiger partial charge in [-0.1, -0.05) is 12.1 Å². The molecular weight excluding hydrogens is 348 g/mol. The van der Waals surface area contributed by atoms with Crippen LogP contribution in [0.25, 0.3) is 11.0 Å². The van der Waals surface area contributed by atoms with Crippen LogP contribution in [0.5, 0.6) is 0 Å². The predicted molar refractivity (Wildman–Crippen MR) is 103 cm³/mol. The van der Waals surface area contributed by atoms with Crippen molar-refractivity contribution in [3.63, 3.8) is 0 Å². The number of anilines is 1. The molecule has 0 amide bonds. The Morgan fingerprint density at radius 3 is 2.31 bits per heavy atom. The first kappa shape index (κ1) is 16.6. The lowest BCUT2D eigenvalue weighted by Crippen LogP contribution is -2.35. The van der Waals surface area contributed by atoms with Crippen molar-refractivity contribution in [2.24, 2.45) is 11.8 Å². The van der Waals surface area contributed by atoms with Gasteiger partial charge in [-0.3, -0.25) is 0 Å². The Balaban J connectivity index is 1.40. The van der Waals surface area contributed by atoms with Crippen molar-refractivity contribution in [3.05, 3.63) is 24.3 Å². The average molecular weight is 375 g/mol. The third-order valence-electron chi connectivity index (χ3n) is 6.13. The highest BCUT2D eigenvalue weighted by Gasteiger charge is 2.48. The van der Waals surface area contributed by atoms with E-state index in [-0.39, 0.29) is 5.25 Å². The molecule has 2 atom stereocenters. The van der Waals surface area contributed by atoms with Gasteiger partial charge in [-0.25, -0.2) is 17.7 Å². The van der Waals surface area contributed by atoms with E-state index in [9.17, 15) is 8.42 Å². The summed E-state index contributed by atoms with van der Waals surface area (Å²) in [6.07, 6.45) is 1.69. The van der Waals surface area contributed by atoms with Crippen molar-refractivity contribution in [2.75, 3.05) is 31.1 Å². The number of para-hydroxylation sites is 2. The van der Waals surface area contributed by atoms with E-state index < -0.39 is 10.0 Å². The van der Waals surface area contributed by atoms with Crippen molar-refractivity contribution < 1.29 is 8.42 Å². The molecule has 3 fully saturated rings. The Morgan fingerprint density at radius 2 is 1.69 bits per heavy atom. The van der Waals surface area contributed by atoms with E-state index in [1.165, 1.54) is 5.52 Å². The van der Waals surface area contributed by atoms with E-state index in [0.717, 1.165) is 37.4 Å². The third kappa shape index (κ3) is 2.47. The van der Waals surface area contributed by atoms with Crippen LogP contribution in [0.3, 0.4) is 0 Å². The lowest BCUT2D eigenvalue weighted by atomic mass is 10.0. The van der Waals surface area contributed by atoms with Crippen LogP contribution in [0.1, 0.15) is 32.7 Å². The van der Waals surface area contributed by atoms with E-state index in [2.05, 4.69) is 41.5 Å². The molecule has 0 bridgehead atoms. The molecule has 1 saturated carbocycles. The fourth-order valence-corrected chi connectivity index (χ4v) is 6.61. The van der Waals surface area contributed by atoms with Crippen LogP contribution in [-0.2, 0) is 10.0 Å². The maximum absolute atomic E-state index is 12.5. The average Bonchev–Trinajstić information content (AvgIpc) is 3.11. The molecule has 3 heterocycles. The topological polar surface area (TPSA) is 58.4 Å². The maximum atomic E-state index is 12.5. The van der Waals surface area contributed by atoms with Crippen molar-refractivity contribution in [1.82, 2.24) is 13.9 Å². The molecular formula is C19H26N4O2S. The fraction of sp³-hybridized carbons (Fsp3) is 0.632. The van der Waals surface area contributed by atoms with Crippen LogP contribution in [-0.4, -0.2) is 53.7 Å². The van der Waals surface area contributed by atoms with Crippen LogP contribution in [0, 0.1) is 11.8 Å². The molecule has 1 aromatic heterocycles. The number of hydrogen-bond acceptors (Lipinski definition) is 4. The van der Waals surface area contributed by atoms with Gasteiger partial charge in [0.15, 0.2) is 0 Å². The molecule has 0 N–H and O–H groups in total. The SMILES string of the molecule is CC(C)n1c(N2CC3CN(S(=O)(=O)C4CC4)CC3C2)nc2ccccc21. The Hall–Kier alpha value is -1.60. The predicted octanol–water partition coefficient (Wildman–Crippen LogP) is 2.48. The minimum Gasteiger partial charge on any atom is -0.342 e. The van der Waals surface area contributed by atoms with Gasteiger partial charge in [0.1, 0.15) is 0 Å². The molecule has 5 rings (SSSR count). The van der Waals surface area contributed by atoms with Gasteiger partial charge >= 0.3 is 0 Å². The molecule has 0 radical (unpaired) electrons. The highest BCUT2D eigenvalue weighted by molar-refractivity contribution is 7.90. The molecule has 26 heavy (non-hydrogen) atoms. The van der Waals surface area contributed by atoms with Crippen molar-refractivity contribution in [2.45, 2.75) is 38.0 Å². The normalized spacial score (nSPS) is 27.0. The Labute approximate surface area is 154 Å². The lowest BCUT2D eigenvalue weighted by Gasteiger charge is -2.24. The highest BCUT2D eigenvalue weighted by Crippen LogP contribution is 2.40. The minimum atomic E-state index is -3.04. The van der Waals surface area contributed by atoms with Gasteiger partial charge in [0.05, 0.1) is 16.3 Å². The first-order chi connectivity index (χ1) is 12.4. The van der Waals surface area contributed by atoms with E-state index in [1.807, 2.05) is 6.07 Å². The number of sulfonamides is 1. The van der Waals surface area contributed by atoms with Crippen molar-refractivity contribution >= 4 is 27.0 Å². The molecule has 7 heteroatoms. The van der Waals surface area contributed by atoms with E-state index in [4.69, 9.17) is 4.98 Å². The van der Waals surface area contributed by atoms with Crippen LogP contribution < -0.4 is 4.90 Å². The zero-order valence-corrected chi connectivity index (χ0v) is 16.2. The first-order valence-corrected chi connectivity index (χ1v) is 11.2. The number of aromatic nitrogens is 2. The number of rotatable bonds is 4. The molecule has 3 aliphatic rings. The van der Waals surface area contributed by atoms with E-state index >= 15 is 0 Å². The van der Waals surface area contributed by atoms with Crippen LogP contribution in [0.2, 0.25) is 0 Å².